The minimum atomic E-state index is -2.70. The highest BCUT2D eigenvalue weighted by Crippen LogP contribution is 2.09. The summed E-state index contributed by atoms with van der Waals surface area (Å²) in [5.74, 6) is -0.0184. The van der Waals surface area contributed by atoms with Crippen LogP contribution in [-0.2, 0) is 6.37 Å². The van der Waals surface area contributed by atoms with Gasteiger partial charge in [0.25, 0.3) is 0 Å². The first kappa shape index (κ1) is 2.33. The van der Waals surface area contributed by atoms with E-state index in [1.54, 1.807) is 0 Å². The summed E-state index contributed by atoms with van der Waals surface area (Å²) in [6, 6.07) is 5.06. The van der Waals surface area contributed by atoms with Crippen LogP contribution in [0.5, 0.6) is 5.75 Å². The van der Waals surface area contributed by atoms with E-state index >= 15 is 0 Å². The predicted molar refractivity (Wildman–Crippen MR) is 37.5 cm³/mol. The summed E-state index contributed by atoms with van der Waals surface area (Å²) < 4.78 is 35.9. The number of phenolic OH excluding ortho intramolecular Hbond substituents is 1. The Labute approximate surface area is 62.0 Å². The fourth-order valence-corrected chi connectivity index (χ4v) is 0.545. The average Bonchev–Trinajstić information content (AvgIpc) is 2.03. The molecule has 0 saturated heterocycles. The number of rotatable bonds is 1. The third-order valence-electron chi connectivity index (χ3n) is 1.01. The topological polar surface area (TPSA) is 20.2 Å². The highest BCUT2D eigenvalue weighted by Gasteiger charge is 1.86. The van der Waals surface area contributed by atoms with Crippen molar-refractivity contribution in [1.82, 2.24) is 0 Å². The molecule has 1 aromatic rings. The zero-order valence-electron chi connectivity index (χ0n) is 9.76. The maximum atomic E-state index is 8.96. The van der Waals surface area contributed by atoms with Gasteiger partial charge in [-0.05, 0) is 24.1 Å². The number of hydrogen-bond donors (Lipinski definition) is 1. The normalized spacial score (nSPS) is 20.7. The summed E-state index contributed by atoms with van der Waals surface area (Å²) in [4.78, 5) is 0. The van der Waals surface area contributed by atoms with Crippen molar-refractivity contribution < 1.29 is 12.0 Å². The Balaban J connectivity index is 3.10. The van der Waals surface area contributed by atoms with Gasteiger partial charge in [0, 0.05) is 6.85 Å². The molecule has 1 aromatic carbocycles. The average molecular weight is 127 g/mol. The Bertz CT molecular complexity index is 313. The van der Waals surface area contributed by atoms with Crippen LogP contribution in [0.1, 0.15) is 19.3 Å². The van der Waals surface area contributed by atoms with Gasteiger partial charge in [0.15, 0.2) is 0 Å². The van der Waals surface area contributed by atoms with E-state index in [0.717, 1.165) is 0 Å². The first-order valence-corrected chi connectivity index (χ1v) is 2.54. The van der Waals surface area contributed by atoms with Gasteiger partial charge >= 0.3 is 0 Å². The van der Waals surface area contributed by atoms with E-state index < -0.39 is 13.2 Å². The van der Waals surface area contributed by atoms with Crippen LogP contribution in [0.4, 0.5) is 0 Å². The predicted octanol–water partition coefficient (Wildman–Crippen LogP) is 1.95. The molecule has 0 aromatic heterocycles. The zero-order chi connectivity index (χ0) is 11.0. The zero-order valence-corrected chi connectivity index (χ0v) is 4.76. The molecule has 48 valence electrons. The minimum absolute atomic E-state index is 0.0184. The lowest BCUT2D eigenvalue weighted by Crippen LogP contribution is -1.75. The lowest BCUT2D eigenvalue weighted by molar-refractivity contribution is 0.475. The van der Waals surface area contributed by atoms with Crippen LogP contribution in [0.15, 0.2) is 24.3 Å². The molecule has 0 radical (unpaired) electrons. The van der Waals surface area contributed by atoms with Crippen molar-refractivity contribution in [3.8, 4) is 5.75 Å². The van der Waals surface area contributed by atoms with Crippen LogP contribution >= 0.6 is 0 Å². The molecule has 9 heavy (non-hydrogen) atoms. The molecule has 0 bridgehead atoms. The molecule has 0 saturated carbocycles. The summed E-state index contributed by atoms with van der Waals surface area (Å²) in [5, 5.41) is 8.96. The molecule has 0 aliphatic heterocycles. The van der Waals surface area contributed by atoms with E-state index in [1.165, 1.54) is 24.3 Å². The molecule has 1 heteroatoms. The minimum Gasteiger partial charge on any atom is -0.508 e. The largest absolute Gasteiger partial charge is 0.508 e. The van der Waals surface area contributed by atoms with Crippen LogP contribution in [0.25, 0.3) is 0 Å². The van der Waals surface area contributed by atoms with Gasteiger partial charge in [-0.2, -0.15) is 0 Å². The molecular formula is C8H10O. The van der Waals surface area contributed by atoms with E-state index in [1.807, 2.05) is 0 Å². The van der Waals surface area contributed by atoms with E-state index in [0.29, 0.717) is 0 Å². The second-order valence-corrected chi connectivity index (χ2v) is 1.67. The smallest absolute Gasteiger partial charge is 0.115 e. The second-order valence-electron chi connectivity index (χ2n) is 1.67. The lowest BCUT2D eigenvalue weighted by atomic mass is 10.2. The summed E-state index contributed by atoms with van der Waals surface area (Å²) >= 11 is 0. The Hall–Kier alpha value is -0.980. The Kier molecular flexibility index (Phi) is 0.656. The van der Waals surface area contributed by atoms with Gasteiger partial charge in [-0.3, -0.25) is 0 Å². The van der Waals surface area contributed by atoms with Crippen molar-refractivity contribution in [2.45, 2.75) is 13.2 Å². The van der Waals surface area contributed by atoms with E-state index in [2.05, 4.69) is 0 Å². The SMILES string of the molecule is [2H]C([2H])([2H])C([2H])([2H])c1ccc(O)cc1. The number of phenols is 1. The Morgan fingerprint density at radius 1 is 1.56 bits per heavy atom. The summed E-state index contributed by atoms with van der Waals surface area (Å²) in [6.07, 6.45) is -2.39. The van der Waals surface area contributed by atoms with Crippen molar-refractivity contribution in [2.24, 2.45) is 0 Å². The lowest BCUT2D eigenvalue weighted by Gasteiger charge is -1.93. The molecule has 0 spiro atoms. The van der Waals surface area contributed by atoms with Gasteiger partial charge in [0.2, 0.25) is 0 Å². The molecular weight excluding hydrogens is 112 g/mol. The van der Waals surface area contributed by atoms with Crippen molar-refractivity contribution >= 4 is 0 Å². The highest BCUT2D eigenvalue weighted by atomic mass is 16.3. The summed E-state index contributed by atoms with van der Waals surface area (Å²) in [5.41, 5.74) is 0.0373. The highest BCUT2D eigenvalue weighted by molar-refractivity contribution is 5.25. The third-order valence-corrected chi connectivity index (χ3v) is 1.01. The molecule has 1 rings (SSSR count). The Morgan fingerprint density at radius 3 is 2.78 bits per heavy atom. The van der Waals surface area contributed by atoms with Gasteiger partial charge in [0.1, 0.15) is 5.75 Å². The van der Waals surface area contributed by atoms with Crippen molar-refractivity contribution in [2.75, 3.05) is 0 Å². The molecule has 0 unspecified atom stereocenters. The fraction of sp³-hybridized carbons (Fsp3) is 0.250. The first-order chi connectivity index (χ1) is 6.25. The molecule has 0 heterocycles. The van der Waals surface area contributed by atoms with Gasteiger partial charge < -0.3 is 5.11 Å². The molecule has 0 fully saturated rings. The molecule has 0 atom stereocenters. The maximum absolute atomic E-state index is 8.96. The third kappa shape index (κ3) is 1.46. The quantitative estimate of drug-likeness (QED) is 0.611. The van der Waals surface area contributed by atoms with Gasteiger partial charge in [-0.15, -0.1) is 0 Å². The standard InChI is InChI=1S/C8H10O/c1-2-7-3-5-8(9)6-4-7/h3-6,9H,2H2,1H3/i1D3,2D2. The van der Waals surface area contributed by atoms with Crippen molar-refractivity contribution in [3.63, 3.8) is 0 Å². The van der Waals surface area contributed by atoms with Gasteiger partial charge in [-0.1, -0.05) is 19.0 Å². The first-order valence-electron chi connectivity index (χ1n) is 5.04. The molecule has 0 aliphatic rings. The van der Waals surface area contributed by atoms with Crippen LogP contribution in [-0.4, -0.2) is 5.11 Å². The number of benzene rings is 1. The van der Waals surface area contributed by atoms with Gasteiger partial charge in [0.05, 0.1) is 0 Å². The molecule has 1 nitrogen and oxygen atoms in total. The number of aromatic hydroxyl groups is 1. The number of aryl methyl sites for hydroxylation is 1. The second kappa shape index (κ2) is 2.53. The van der Waals surface area contributed by atoms with Gasteiger partial charge in [-0.25, -0.2) is 0 Å². The van der Waals surface area contributed by atoms with Crippen LogP contribution in [0.2, 0.25) is 0 Å². The molecule has 1 N–H and O–H groups in total. The monoisotopic (exact) mass is 127 g/mol. The van der Waals surface area contributed by atoms with E-state index in [4.69, 9.17) is 12.0 Å². The molecule has 0 aliphatic carbocycles. The maximum Gasteiger partial charge on any atom is 0.115 e. The Morgan fingerprint density at radius 2 is 2.22 bits per heavy atom. The summed E-state index contributed by atoms with van der Waals surface area (Å²) in [6.45, 7) is -2.70. The van der Waals surface area contributed by atoms with Crippen molar-refractivity contribution in [3.05, 3.63) is 29.8 Å². The van der Waals surface area contributed by atoms with E-state index in [9.17, 15) is 0 Å². The van der Waals surface area contributed by atoms with Crippen LogP contribution in [0.3, 0.4) is 0 Å². The summed E-state index contributed by atoms with van der Waals surface area (Å²) in [7, 11) is 0. The van der Waals surface area contributed by atoms with Crippen LogP contribution < -0.4 is 0 Å². The van der Waals surface area contributed by atoms with Crippen LogP contribution in [0, 0.1) is 0 Å². The fourth-order valence-electron chi connectivity index (χ4n) is 0.545. The number of hydrogen-bond acceptors (Lipinski definition) is 1. The molecule has 0 amide bonds. The van der Waals surface area contributed by atoms with Crippen molar-refractivity contribution in [1.29, 1.82) is 0 Å². The van der Waals surface area contributed by atoms with E-state index in [-0.39, 0.29) is 11.3 Å².